The number of hydrogen-bond donors (Lipinski definition) is 2. The van der Waals surface area contributed by atoms with Crippen LogP contribution in [-0.4, -0.2) is 33.7 Å². The van der Waals surface area contributed by atoms with Gasteiger partial charge in [-0.25, -0.2) is 4.57 Å². The molecule has 0 atom stereocenters. The number of carbonyl (C=O) groups excluding carboxylic acids is 1. The van der Waals surface area contributed by atoms with E-state index in [0.717, 1.165) is 0 Å². The van der Waals surface area contributed by atoms with Crippen molar-refractivity contribution in [2.45, 2.75) is 0 Å². The van der Waals surface area contributed by atoms with Crippen molar-refractivity contribution in [3.63, 3.8) is 0 Å². The first-order chi connectivity index (χ1) is 7.07. The maximum absolute atomic E-state index is 11.4. The summed E-state index contributed by atoms with van der Waals surface area (Å²) >= 11 is 0. The summed E-state index contributed by atoms with van der Waals surface area (Å²) in [5, 5.41) is 21.4. The van der Waals surface area contributed by atoms with Crippen molar-refractivity contribution in [1.29, 1.82) is 0 Å². The lowest BCUT2D eigenvalue weighted by atomic mass is 10.4. The fourth-order valence-electron chi connectivity index (χ4n) is 1.17. The van der Waals surface area contributed by atoms with Crippen molar-refractivity contribution in [2.24, 2.45) is 7.05 Å². The van der Waals surface area contributed by atoms with Gasteiger partial charge in [-0.15, -0.1) is 0 Å². The van der Waals surface area contributed by atoms with E-state index in [1.165, 1.54) is 23.7 Å². The minimum atomic E-state index is -0.567. The molecular formula is C8H11N3O4. The minimum Gasteiger partial charge on any atom is -0.395 e. The highest BCUT2D eigenvalue weighted by Crippen LogP contribution is 2.14. The summed E-state index contributed by atoms with van der Waals surface area (Å²) in [6.07, 6.45) is 0. The molecule has 0 aliphatic rings. The van der Waals surface area contributed by atoms with Crippen LogP contribution in [0.2, 0.25) is 0 Å². The van der Waals surface area contributed by atoms with Crippen LogP contribution in [0.5, 0.6) is 0 Å². The first-order valence-corrected chi connectivity index (χ1v) is 4.27. The number of nitro groups is 1. The van der Waals surface area contributed by atoms with E-state index < -0.39 is 10.8 Å². The zero-order valence-electron chi connectivity index (χ0n) is 8.14. The standard InChI is InChI=1S/C8H11N3O4/c1-10-6(8(13)9-4-5-12)2-3-7(10)11(14)15/h2-3,12H,4-5H2,1H3,(H,9,13). The Bertz CT molecular complexity index is 385. The predicted octanol–water partition coefficient (Wildman–Crippen LogP) is -0.345. The summed E-state index contributed by atoms with van der Waals surface area (Å²) in [6, 6.07) is 2.62. The van der Waals surface area contributed by atoms with Gasteiger partial charge in [0.1, 0.15) is 0 Å². The van der Waals surface area contributed by atoms with Crippen LogP contribution in [0.25, 0.3) is 0 Å². The zero-order valence-corrected chi connectivity index (χ0v) is 8.14. The third-order valence-corrected chi connectivity index (χ3v) is 1.91. The Balaban J connectivity index is 2.86. The maximum Gasteiger partial charge on any atom is 0.323 e. The molecule has 7 heteroatoms. The molecule has 1 aromatic heterocycles. The Morgan fingerprint density at radius 2 is 2.33 bits per heavy atom. The molecule has 2 N–H and O–H groups in total. The predicted molar refractivity (Wildman–Crippen MR) is 51.5 cm³/mol. The number of amides is 1. The number of rotatable bonds is 4. The normalized spacial score (nSPS) is 10.0. The molecule has 1 heterocycles. The van der Waals surface area contributed by atoms with Gasteiger partial charge in [-0.1, -0.05) is 0 Å². The van der Waals surface area contributed by atoms with Gasteiger partial charge in [0.05, 0.1) is 13.7 Å². The first-order valence-electron chi connectivity index (χ1n) is 4.27. The number of aliphatic hydroxyl groups is 1. The van der Waals surface area contributed by atoms with E-state index in [2.05, 4.69) is 5.32 Å². The summed E-state index contributed by atoms with van der Waals surface area (Å²) in [5.74, 6) is -0.594. The molecule has 1 aromatic rings. The average molecular weight is 213 g/mol. The van der Waals surface area contributed by atoms with Crippen LogP contribution in [0, 0.1) is 10.1 Å². The lowest BCUT2D eigenvalue weighted by Gasteiger charge is -2.01. The van der Waals surface area contributed by atoms with E-state index in [1.807, 2.05) is 0 Å². The van der Waals surface area contributed by atoms with E-state index in [9.17, 15) is 14.9 Å². The second kappa shape index (κ2) is 4.56. The number of nitrogens with one attached hydrogen (secondary N) is 1. The molecule has 0 aromatic carbocycles. The van der Waals surface area contributed by atoms with Gasteiger partial charge in [0, 0.05) is 12.6 Å². The molecule has 0 radical (unpaired) electrons. The van der Waals surface area contributed by atoms with Gasteiger partial charge in [-0.05, 0) is 11.0 Å². The Kier molecular flexibility index (Phi) is 3.40. The van der Waals surface area contributed by atoms with Gasteiger partial charge in [-0.2, -0.15) is 0 Å². The first kappa shape index (κ1) is 11.2. The average Bonchev–Trinajstić information content (AvgIpc) is 2.56. The van der Waals surface area contributed by atoms with Crippen LogP contribution in [-0.2, 0) is 7.05 Å². The summed E-state index contributed by atoms with van der Waals surface area (Å²) < 4.78 is 1.19. The number of aromatic nitrogens is 1. The second-order valence-corrected chi connectivity index (χ2v) is 2.87. The van der Waals surface area contributed by atoms with Gasteiger partial charge < -0.3 is 20.5 Å². The van der Waals surface area contributed by atoms with Crippen molar-refractivity contribution >= 4 is 11.7 Å². The molecule has 0 aliphatic heterocycles. The third-order valence-electron chi connectivity index (χ3n) is 1.91. The SMILES string of the molecule is Cn1c(C(=O)NCCO)ccc1[N+](=O)[O-]. The highest BCUT2D eigenvalue weighted by atomic mass is 16.6. The number of carbonyl (C=O) groups is 1. The van der Waals surface area contributed by atoms with E-state index in [-0.39, 0.29) is 24.7 Å². The molecule has 0 unspecified atom stereocenters. The molecule has 0 bridgehead atoms. The molecular weight excluding hydrogens is 202 g/mol. The molecule has 1 amide bonds. The Hall–Kier alpha value is -1.89. The van der Waals surface area contributed by atoms with Crippen molar-refractivity contribution in [3.05, 3.63) is 27.9 Å². The second-order valence-electron chi connectivity index (χ2n) is 2.87. The van der Waals surface area contributed by atoms with Crippen LogP contribution in [0.4, 0.5) is 5.82 Å². The number of nitrogens with zero attached hydrogens (tertiary/aromatic N) is 2. The van der Waals surface area contributed by atoms with Crippen molar-refractivity contribution in [3.8, 4) is 0 Å². The lowest BCUT2D eigenvalue weighted by molar-refractivity contribution is -0.391. The highest BCUT2D eigenvalue weighted by Gasteiger charge is 2.19. The fraction of sp³-hybridized carbons (Fsp3) is 0.375. The van der Waals surface area contributed by atoms with Crippen LogP contribution >= 0.6 is 0 Å². The molecule has 0 aliphatic carbocycles. The quantitative estimate of drug-likeness (QED) is 0.528. The van der Waals surface area contributed by atoms with E-state index in [1.54, 1.807) is 0 Å². The van der Waals surface area contributed by atoms with Gasteiger partial charge in [0.15, 0.2) is 5.69 Å². The summed E-state index contributed by atoms with van der Waals surface area (Å²) in [4.78, 5) is 21.3. The smallest absolute Gasteiger partial charge is 0.323 e. The van der Waals surface area contributed by atoms with Gasteiger partial charge in [0.25, 0.3) is 5.91 Å². The highest BCUT2D eigenvalue weighted by molar-refractivity contribution is 5.93. The van der Waals surface area contributed by atoms with Crippen LogP contribution in [0.3, 0.4) is 0 Å². The molecule has 0 spiro atoms. The number of aliphatic hydroxyl groups excluding tert-OH is 1. The topological polar surface area (TPSA) is 97.4 Å². The van der Waals surface area contributed by atoms with Gasteiger partial charge in [-0.3, -0.25) is 4.79 Å². The van der Waals surface area contributed by atoms with Gasteiger partial charge >= 0.3 is 5.82 Å². The molecule has 0 saturated heterocycles. The molecule has 7 nitrogen and oxygen atoms in total. The molecule has 82 valence electrons. The van der Waals surface area contributed by atoms with Crippen molar-refractivity contribution < 1.29 is 14.8 Å². The molecule has 1 rings (SSSR count). The Morgan fingerprint density at radius 3 is 2.80 bits per heavy atom. The Labute approximate surface area is 85.5 Å². The molecule has 0 saturated carbocycles. The zero-order chi connectivity index (χ0) is 11.4. The van der Waals surface area contributed by atoms with Crippen LogP contribution < -0.4 is 5.32 Å². The van der Waals surface area contributed by atoms with E-state index in [4.69, 9.17) is 5.11 Å². The Morgan fingerprint density at radius 1 is 1.67 bits per heavy atom. The third kappa shape index (κ3) is 2.32. The van der Waals surface area contributed by atoms with E-state index in [0.29, 0.717) is 0 Å². The van der Waals surface area contributed by atoms with E-state index >= 15 is 0 Å². The van der Waals surface area contributed by atoms with Gasteiger partial charge in [0.2, 0.25) is 0 Å². The summed E-state index contributed by atoms with van der Waals surface area (Å²) in [6.45, 7) is -0.0456. The van der Waals surface area contributed by atoms with Crippen LogP contribution in [0.15, 0.2) is 12.1 Å². The number of hydrogen-bond acceptors (Lipinski definition) is 4. The monoisotopic (exact) mass is 213 g/mol. The van der Waals surface area contributed by atoms with Crippen molar-refractivity contribution in [1.82, 2.24) is 9.88 Å². The molecule has 15 heavy (non-hydrogen) atoms. The fourth-order valence-corrected chi connectivity index (χ4v) is 1.17. The lowest BCUT2D eigenvalue weighted by Crippen LogP contribution is -2.28. The summed E-state index contributed by atoms with van der Waals surface area (Å²) in [5.41, 5.74) is 0.190. The molecule has 0 fully saturated rings. The van der Waals surface area contributed by atoms with Crippen molar-refractivity contribution in [2.75, 3.05) is 13.2 Å². The maximum atomic E-state index is 11.4. The van der Waals surface area contributed by atoms with Crippen LogP contribution in [0.1, 0.15) is 10.5 Å². The minimum absolute atomic E-state index is 0.123. The largest absolute Gasteiger partial charge is 0.395 e. The summed E-state index contributed by atoms with van der Waals surface area (Å²) in [7, 11) is 1.44.